The fraction of sp³-hybridized carbons (Fsp3) is 0.0400. The van der Waals surface area contributed by atoms with Crippen LogP contribution in [0.1, 0.15) is 0 Å². The van der Waals surface area contributed by atoms with Crippen molar-refractivity contribution in [2.24, 2.45) is 0 Å². The Morgan fingerprint density at radius 3 is 2.23 bits per heavy atom. The van der Waals surface area contributed by atoms with Crippen LogP contribution in [0.3, 0.4) is 0 Å². The summed E-state index contributed by atoms with van der Waals surface area (Å²) >= 11 is 0. The highest BCUT2D eigenvalue weighted by molar-refractivity contribution is 6.03. The number of fused-ring (bicyclic) bond motifs is 1. The monoisotopic (exact) mass is 411 g/mol. The number of carbonyl (C=O) groups is 2. The Morgan fingerprint density at radius 2 is 1.35 bits per heavy atom. The van der Waals surface area contributed by atoms with E-state index >= 15 is 0 Å². The van der Waals surface area contributed by atoms with Gasteiger partial charge in [-0.15, -0.1) is 0 Å². The van der Waals surface area contributed by atoms with Gasteiger partial charge in [0, 0.05) is 5.39 Å². The number of para-hydroxylation sites is 3. The molecule has 4 aromatic rings. The highest BCUT2D eigenvalue weighted by Crippen LogP contribution is 2.29. The maximum atomic E-state index is 12.4. The molecule has 6 heteroatoms. The first kappa shape index (κ1) is 20.0. The molecular formula is C25H21N3O3. The number of hydrogen-bond acceptors (Lipinski definition) is 3. The Balaban J connectivity index is 1.35. The predicted octanol–water partition coefficient (Wildman–Crippen LogP) is 5.39. The summed E-state index contributed by atoms with van der Waals surface area (Å²) in [6, 6.07) is 29.4. The van der Waals surface area contributed by atoms with Gasteiger partial charge in [0.05, 0.1) is 17.9 Å². The highest BCUT2D eigenvalue weighted by atomic mass is 16.5. The van der Waals surface area contributed by atoms with Gasteiger partial charge in [0.1, 0.15) is 5.75 Å². The normalized spacial score (nSPS) is 10.3. The number of urea groups is 1. The van der Waals surface area contributed by atoms with Crippen molar-refractivity contribution in [2.45, 2.75) is 0 Å². The van der Waals surface area contributed by atoms with Crippen LogP contribution >= 0.6 is 0 Å². The fourth-order valence-corrected chi connectivity index (χ4v) is 3.13. The minimum atomic E-state index is -0.458. The maximum Gasteiger partial charge on any atom is 0.319 e. The molecule has 154 valence electrons. The highest BCUT2D eigenvalue weighted by Gasteiger charge is 2.11. The maximum absolute atomic E-state index is 12.4. The molecule has 0 atom stereocenters. The van der Waals surface area contributed by atoms with Crippen molar-refractivity contribution in [2.75, 3.05) is 17.2 Å². The van der Waals surface area contributed by atoms with Gasteiger partial charge in [-0.3, -0.25) is 4.79 Å². The van der Waals surface area contributed by atoms with Crippen LogP contribution in [0.5, 0.6) is 11.5 Å². The van der Waals surface area contributed by atoms with Gasteiger partial charge < -0.3 is 20.7 Å². The Kier molecular flexibility index (Phi) is 6.09. The SMILES string of the molecule is O=C(CNC(=O)Nc1cccc2ccccc12)Nc1ccccc1Oc1ccccc1. The van der Waals surface area contributed by atoms with Gasteiger partial charge in [-0.25, -0.2) is 4.79 Å². The number of carbonyl (C=O) groups excluding carboxylic acids is 2. The van der Waals surface area contributed by atoms with E-state index in [-0.39, 0.29) is 12.5 Å². The van der Waals surface area contributed by atoms with Crippen LogP contribution in [0.4, 0.5) is 16.2 Å². The van der Waals surface area contributed by atoms with Crippen LogP contribution in [0, 0.1) is 0 Å². The van der Waals surface area contributed by atoms with Gasteiger partial charge in [0.15, 0.2) is 5.75 Å². The standard InChI is InChI=1S/C25H21N3O3/c29-24(27-22-14-6-7-16-23(22)31-19-11-2-1-3-12-19)17-26-25(30)28-21-15-8-10-18-9-4-5-13-20(18)21/h1-16H,17H2,(H,27,29)(H2,26,28,30). The molecule has 4 rings (SSSR count). The summed E-state index contributed by atoms with van der Waals surface area (Å²) in [4.78, 5) is 24.7. The molecule has 0 bridgehead atoms. The lowest BCUT2D eigenvalue weighted by Gasteiger charge is -2.13. The number of ether oxygens (including phenoxy) is 1. The lowest BCUT2D eigenvalue weighted by Crippen LogP contribution is -2.35. The van der Waals surface area contributed by atoms with Crippen LogP contribution in [0.25, 0.3) is 10.8 Å². The molecule has 4 aromatic carbocycles. The first-order valence-corrected chi connectivity index (χ1v) is 9.83. The average molecular weight is 411 g/mol. The van der Waals surface area contributed by atoms with Gasteiger partial charge in [-0.1, -0.05) is 66.7 Å². The lowest BCUT2D eigenvalue weighted by atomic mass is 10.1. The first-order valence-electron chi connectivity index (χ1n) is 9.83. The summed E-state index contributed by atoms with van der Waals surface area (Å²) in [5, 5.41) is 10.1. The Bertz CT molecular complexity index is 1200. The minimum absolute atomic E-state index is 0.184. The van der Waals surface area contributed by atoms with Gasteiger partial charge in [-0.2, -0.15) is 0 Å². The lowest BCUT2D eigenvalue weighted by molar-refractivity contribution is -0.115. The predicted molar refractivity (Wildman–Crippen MR) is 123 cm³/mol. The topological polar surface area (TPSA) is 79.5 Å². The molecule has 3 amide bonds. The molecule has 0 saturated heterocycles. The van der Waals surface area contributed by atoms with E-state index in [2.05, 4.69) is 16.0 Å². The second-order valence-corrected chi connectivity index (χ2v) is 6.79. The summed E-state index contributed by atoms with van der Waals surface area (Å²) in [5.41, 5.74) is 1.20. The number of nitrogens with one attached hydrogen (secondary N) is 3. The van der Waals surface area contributed by atoms with Gasteiger partial charge in [-0.05, 0) is 35.7 Å². The van der Waals surface area contributed by atoms with Crippen molar-refractivity contribution in [1.82, 2.24) is 5.32 Å². The molecule has 0 aromatic heterocycles. The van der Waals surface area contributed by atoms with Crippen molar-refractivity contribution in [1.29, 1.82) is 0 Å². The van der Waals surface area contributed by atoms with E-state index in [1.54, 1.807) is 18.2 Å². The third kappa shape index (κ3) is 5.19. The summed E-state index contributed by atoms with van der Waals surface area (Å²) in [7, 11) is 0. The summed E-state index contributed by atoms with van der Waals surface area (Å²) in [6.07, 6.45) is 0. The number of anilines is 2. The summed E-state index contributed by atoms with van der Waals surface area (Å²) < 4.78 is 5.84. The van der Waals surface area contributed by atoms with Crippen LogP contribution in [0.15, 0.2) is 97.1 Å². The van der Waals surface area contributed by atoms with Crippen molar-refractivity contribution < 1.29 is 14.3 Å². The molecule has 0 radical (unpaired) electrons. The molecule has 0 aliphatic rings. The second kappa shape index (κ2) is 9.45. The Morgan fingerprint density at radius 1 is 0.677 bits per heavy atom. The first-order chi connectivity index (χ1) is 15.2. The van der Waals surface area contributed by atoms with E-state index in [9.17, 15) is 9.59 Å². The van der Waals surface area contributed by atoms with Crippen LogP contribution in [-0.4, -0.2) is 18.5 Å². The number of benzene rings is 4. The molecular weight excluding hydrogens is 390 g/mol. The molecule has 0 unspecified atom stereocenters. The second-order valence-electron chi connectivity index (χ2n) is 6.79. The van der Waals surface area contributed by atoms with Crippen molar-refractivity contribution >= 4 is 34.1 Å². The molecule has 0 fully saturated rings. The fourth-order valence-electron chi connectivity index (χ4n) is 3.13. The molecule has 6 nitrogen and oxygen atoms in total. The van der Waals surface area contributed by atoms with E-state index in [1.165, 1.54) is 0 Å². The molecule has 0 spiro atoms. The van der Waals surface area contributed by atoms with Crippen molar-refractivity contribution in [3.63, 3.8) is 0 Å². The smallest absolute Gasteiger partial charge is 0.319 e. The third-order valence-corrected chi connectivity index (χ3v) is 4.58. The molecule has 31 heavy (non-hydrogen) atoms. The molecule has 0 aliphatic heterocycles. The quantitative estimate of drug-likeness (QED) is 0.398. The van der Waals surface area contributed by atoms with Gasteiger partial charge in [0.25, 0.3) is 0 Å². The van der Waals surface area contributed by atoms with E-state index in [1.807, 2.05) is 78.9 Å². The van der Waals surface area contributed by atoms with Crippen molar-refractivity contribution in [3.05, 3.63) is 97.1 Å². The van der Waals surface area contributed by atoms with Crippen LogP contribution < -0.4 is 20.7 Å². The Labute approximate surface area is 179 Å². The van der Waals surface area contributed by atoms with Crippen molar-refractivity contribution in [3.8, 4) is 11.5 Å². The number of hydrogen-bond donors (Lipinski definition) is 3. The molecule has 3 N–H and O–H groups in total. The molecule has 0 aliphatic carbocycles. The summed E-state index contributed by atoms with van der Waals surface area (Å²) in [6.45, 7) is -0.184. The summed E-state index contributed by atoms with van der Waals surface area (Å²) in [5.74, 6) is 0.816. The van der Waals surface area contributed by atoms with Gasteiger partial charge >= 0.3 is 6.03 Å². The van der Waals surface area contributed by atoms with Gasteiger partial charge in [0.2, 0.25) is 5.91 Å². The molecule has 0 heterocycles. The number of amides is 3. The van der Waals surface area contributed by atoms with Crippen LogP contribution in [0.2, 0.25) is 0 Å². The van der Waals surface area contributed by atoms with E-state index in [4.69, 9.17) is 4.74 Å². The zero-order valence-corrected chi connectivity index (χ0v) is 16.7. The number of rotatable bonds is 6. The van der Waals surface area contributed by atoms with Crippen LogP contribution in [-0.2, 0) is 4.79 Å². The zero-order valence-electron chi connectivity index (χ0n) is 16.7. The Hall–Kier alpha value is -4.32. The third-order valence-electron chi connectivity index (χ3n) is 4.58. The average Bonchev–Trinajstić information content (AvgIpc) is 2.80. The minimum Gasteiger partial charge on any atom is -0.455 e. The van der Waals surface area contributed by atoms with E-state index < -0.39 is 6.03 Å². The van der Waals surface area contributed by atoms with E-state index in [0.29, 0.717) is 22.9 Å². The molecule has 0 saturated carbocycles. The largest absolute Gasteiger partial charge is 0.455 e. The zero-order chi connectivity index (χ0) is 21.5. The van der Waals surface area contributed by atoms with E-state index in [0.717, 1.165) is 10.8 Å².